The van der Waals surface area contributed by atoms with Gasteiger partial charge in [0.1, 0.15) is 5.75 Å². The molecular formula is C29H30N2O2. The molecule has 4 heteroatoms. The van der Waals surface area contributed by atoms with Gasteiger partial charge in [0, 0.05) is 11.7 Å². The van der Waals surface area contributed by atoms with E-state index < -0.39 is 0 Å². The molecule has 0 spiro atoms. The number of aromatic nitrogens is 1. The van der Waals surface area contributed by atoms with Gasteiger partial charge in [0.2, 0.25) is 0 Å². The van der Waals surface area contributed by atoms with Gasteiger partial charge in [-0.1, -0.05) is 72.8 Å². The fourth-order valence-corrected chi connectivity index (χ4v) is 4.18. The Labute approximate surface area is 195 Å². The summed E-state index contributed by atoms with van der Waals surface area (Å²) in [7, 11) is 1.67. The third kappa shape index (κ3) is 5.01. The van der Waals surface area contributed by atoms with Crippen molar-refractivity contribution in [3.05, 3.63) is 108 Å². The first-order valence-electron chi connectivity index (χ1n) is 11.3. The molecule has 3 aromatic carbocycles. The number of nitrogens with one attached hydrogen (secondary N) is 1. The zero-order valence-corrected chi connectivity index (χ0v) is 19.4. The molecule has 1 atom stereocenters. The molecule has 0 aliphatic rings. The lowest BCUT2D eigenvalue weighted by atomic mass is 10.1. The summed E-state index contributed by atoms with van der Waals surface area (Å²) in [5, 5.41) is 3.20. The normalized spacial score (nSPS) is 11.7. The van der Waals surface area contributed by atoms with Crippen LogP contribution in [0.1, 0.15) is 35.0 Å². The Kier molecular flexibility index (Phi) is 6.94. The molecule has 0 bridgehead atoms. The van der Waals surface area contributed by atoms with E-state index in [-0.39, 0.29) is 11.9 Å². The van der Waals surface area contributed by atoms with Crippen LogP contribution in [-0.4, -0.2) is 23.6 Å². The molecular weight excluding hydrogens is 408 g/mol. The summed E-state index contributed by atoms with van der Waals surface area (Å²) in [5.74, 6) is 0.704. The van der Waals surface area contributed by atoms with Crippen LogP contribution in [0.3, 0.4) is 0 Å². The van der Waals surface area contributed by atoms with Gasteiger partial charge in [0.15, 0.2) is 0 Å². The van der Waals surface area contributed by atoms with E-state index in [9.17, 15) is 4.79 Å². The molecule has 1 aromatic heterocycles. The second-order valence-electron chi connectivity index (χ2n) is 8.30. The maximum atomic E-state index is 13.3. The molecule has 0 radical (unpaired) electrons. The highest BCUT2D eigenvalue weighted by atomic mass is 16.5. The van der Waals surface area contributed by atoms with E-state index in [1.807, 2.05) is 73.7 Å². The first kappa shape index (κ1) is 22.4. The van der Waals surface area contributed by atoms with E-state index in [0.29, 0.717) is 5.56 Å². The molecule has 4 aromatic rings. The maximum absolute atomic E-state index is 13.3. The second-order valence-corrected chi connectivity index (χ2v) is 8.30. The molecule has 0 saturated carbocycles. The zero-order chi connectivity index (χ0) is 23.2. The summed E-state index contributed by atoms with van der Waals surface area (Å²) in [6, 6.07) is 30.4. The number of methoxy groups -OCH3 is 1. The summed E-state index contributed by atoms with van der Waals surface area (Å²) in [4.78, 5) is 13.3. The van der Waals surface area contributed by atoms with E-state index in [1.54, 1.807) is 7.11 Å². The molecule has 0 saturated heterocycles. The van der Waals surface area contributed by atoms with Crippen LogP contribution in [0.4, 0.5) is 0 Å². The van der Waals surface area contributed by atoms with E-state index in [0.717, 1.165) is 41.2 Å². The number of ether oxygens (including phenoxy) is 1. The van der Waals surface area contributed by atoms with Crippen molar-refractivity contribution < 1.29 is 9.53 Å². The highest BCUT2D eigenvalue weighted by Gasteiger charge is 2.22. The van der Waals surface area contributed by atoms with Crippen molar-refractivity contribution in [3.63, 3.8) is 0 Å². The quantitative estimate of drug-likeness (QED) is 0.355. The maximum Gasteiger partial charge on any atom is 0.253 e. The van der Waals surface area contributed by atoms with Crippen LogP contribution in [0.5, 0.6) is 5.75 Å². The summed E-state index contributed by atoms with van der Waals surface area (Å²) >= 11 is 0. The number of benzene rings is 3. The molecule has 1 unspecified atom stereocenters. The van der Waals surface area contributed by atoms with Crippen LogP contribution in [0.25, 0.3) is 16.9 Å². The standard InChI is InChI=1S/C29H30N2O2/c1-21(18-19-23-12-6-4-7-13-23)30-29(32)25-20-27(24-14-8-5-9-15-24)31(22(25)2)26-16-10-11-17-28(26)33-3/h4-17,20-21H,18-19H2,1-3H3,(H,30,32). The third-order valence-corrected chi connectivity index (χ3v) is 5.97. The first-order chi connectivity index (χ1) is 16.1. The van der Waals surface area contributed by atoms with E-state index in [2.05, 4.69) is 41.1 Å². The number of para-hydroxylation sites is 2. The van der Waals surface area contributed by atoms with Gasteiger partial charge in [-0.15, -0.1) is 0 Å². The minimum Gasteiger partial charge on any atom is -0.495 e. The van der Waals surface area contributed by atoms with Crippen molar-refractivity contribution in [2.45, 2.75) is 32.7 Å². The summed E-state index contributed by atoms with van der Waals surface area (Å²) in [6.07, 6.45) is 1.81. The van der Waals surface area contributed by atoms with Gasteiger partial charge in [0.25, 0.3) is 5.91 Å². The van der Waals surface area contributed by atoms with Crippen LogP contribution in [-0.2, 0) is 6.42 Å². The number of rotatable bonds is 8. The minimum atomic E-state index is -0.0566. The Balaban J connectivity index is 1.65. The Hall–Kier alpha value is -3.79. The van der Waals surface area contributed by atoms with E-state index in [4.69, 9.17) is 4.74 Å². The molecule has 1 N–H and O–H groups in total. The molecule has 1 amide bonds. The van der Waals surface area contributed by atoms with Gasteiger partial charge >= 0.3 is 0 Å². The Morgan fingerprint density at radius 2 is 1.58 bits per heavy atom. The minimum absolute atomic E-state index is 0.0566. The van der Waals surface area contributed by atoms with Crippen LogP contribution in [0, 0.1) is 6.92 Å². The van der Waals surface area contributed by atoms with Gasteiger partial charge in [-0.3, -0.25) is 4.79 Å². The molecule has 1 heterocycles. The van der Waals surface area contributed by atoms with Crippen molar-refractivity contribution >= 4 is 5.91 Å². The van der Waals surface area contributed by atoms with Gasteiger partial charge in [0.05, 0.1) is 24.1 Å². The summed E-state index contributed by atoms with van der Waals surface area (Å²) in [6.45, 7) is 4.05. The largest absolute Gasteiger partial charge is 0.495 e. The first-order valence-corrected chi connectivity index (χ1v) is 11.3. The summed E-state index contributed by atoms with van der Waals surface area (Å²) < 4.78 is 7.74. The van der Waals surface area contributed by atoms with Gasteiger partial charge < -0.3 is 14.6 Å². The fourth-order valence-electron chi connectivity index (χ4n) is 4.18. The average Bonchev–Trinajstić information content (AvgIpc) is 3.21. The summed E-state index contributed by atoms with van der Waals surface area (Å²) in [5.41, 5.74) is 5.75. The van der Waals surface area contributed by atoms with E-state index >= 15 is 0 Å². The zero-order valence-electron chi connectivity index (χ0n) is 19.4. The monoisotopic (exact) mass is 438 g/mol. The molecule has 0 fully saturated rings. The molecule has 4 nitrogen and oxygen atoms in total. The van der Waals surface area contributed by atoms with Gasteiger partial charge in [-0.05, 0) is 56.0 Å². The lowest BCUT2D eigenvalue weighted by Gasteiger charge is -2.16. The number of carbonyl (C=O) groups is 1. The number of carbonyl (C=O) groups excluding carboxylic acids is 1. The fraction of sp³-hybridized carbons (Fsp3) is 0.207. The van der Waals surface area contributed by atoms with Crippen LogP contribution in [0.2, 0.25) is 0 Å². The topological polar surface area (TPSA) is 43.3 Å². The molecule has 4 rings (SSSR count). The van der Waals surface area contributed by atoms with Crippen molar-refractivity contribution in [2.24, 2.45) is 0 Å². The predicted molar refractivity (Wildman–Crippen MR) is 134 cm³/mol. The Morgan fingerprint density at radius 3 is 2.27 bits per heavy atom. The number of hydrogen-bond donors (Lipinski definition) is 1. The van der Waals surface area contributed by atoms with Crippen molar-refractivity contribution in [1.29, 1.82) is 0 Å². The van der Waals surface area contributed by atoms with Gasteiger partial charge in [-0.25, -0.2) is 0 Å². The number of aryl methyl sites for hydroxylation is 1. The smallest absolute Gasteiger partial charge is 0.253 e. The lowest BCUT2D eigenvalue weighted by Crippen LogP contribution is -2.33. The molecule has 33 heavy (non-hydrogen) atoms. The Morgan fingerprint density at radius 1 is 0.939 bits per heavy atom. The SMILES string of the molecule is COc1ccccc1-n1c(-c2ccccc2)cc(C(=O)NC(C)CCc2ccccc2)c1C. The Bertz CT molecular complexity index is 1210. The second kappa shape index (κ2) is 10.2. The molecule has 168 valence electrons. The van der Waals surface area contributed by atoms with Crippen LogP contribution in [0.15, 0.2) is 91.0 Å². The highest BCUT2D eigenvalue weighted by Crippen LogP contribution is 2.33. The van der Waals surface area contributed by atoms with Crippen molar-refractivity contribution in [3.8, 4) is 22.7 Å². The lowest BCUT2D eigenvalue weighted by molar-refractivity contribution is 0.0938. The van der Waals surface area contributed by atoms with E-state index in [1.165, 1.54) is 5.56 Å². The number of hydrogen-bond acceptors (Lipinski definition) is 2. The van der Waals surface area contributed by atoms with Crippen molar-refractivity contribution in [2.75, 3.05) is 7.11 Å². The van der Waals surface area contributed by atoms with Crippen molar-refractivity contribution in [1.82, 2.24) is 9.88 Å². The predicted octanol–water partition coefficient (Wildman–Crippen LogP) is 6.21. The number of amides is 1. The number of nitrogens with zero attached hydrogens (tertiary/aromatic N) is 1. The molecule has 0 aliphatic heterocycles. The van der Waals surface area contributed by atoms with Gasteiger partial charge in [-0.2, -0.15) is 0 Å². The highest BCUT2D eigenvalue weighted by molar-refractivity contribution is 5.97. The van der Waals surface area contributed by atoms with Crippen LogP contribution >= 0.6 is 0 Å². The average molecular weight is 439 g/mol. The van der Waals surface area contributed by atoms with Crippen LogP contribution < -0.4 is 10.1 Å². The third-order valence-electron chi connectivity index (χ3n) is 5.97. The molecule has 0 aliphatic carbocycles.